The largest absolute Gasteiger partial charge is 0.451 e. The van der Waals surface area contributed by atoms with E-state index in [9.17, 15) is 9.59 Å². The highest BCUT2D eigenvalue weighted by atomic mass is 16.5. The summed E-state index contributed by atoms with van der Waals surface area (Å²) in [6, 6.07) is 9.16. The molecule has 0 aliphatic rings. The van der Waals surface area contributed by atoms with Crippen molar-refractivity contribution in [3.8, 4) is 6.07 Å². The smallest absolute Gasteiger partial charge is 0.349 e. The first-order valence-electron chi connectivity index (χ1n) is 7.49. The molecule has 0 fully saturated rings. The van der Waals surface area contributed by atoms with Crippen LogP contribution in [0.25, 0.3) is 6.08 Å². The summed E-state index contributed by atoms with van der Waals surface area (Å²) in [4.78, 5) is 25.5. The summed E-state index contributed by atoms with van der Waals surface area (Å²) in [5, 5.41) is 11.8. The molecule has 1 aromatic rings. The summed E-state index contributed by atoms with van der Waals surface area (Å²) in [5.74, 6) is -1.23. The fraction of sp³-hybridized carbons (Fsp3) is 0.389. The Kier molecular flexibility index (Phi) is 6.54. The highest BCUT2D eigenvalue weighted by Crippen LogP contribution is 2.15. The Balaban J connectivity index is 2.73. The molecule has 0 saturated heterocycles. The van der Waals surface area contributed by atoms with Gasteiger partial charge in [0.2, 0.25) is 0 Å². The van der Waals surface area contributed by atoms with E-state index in [1.54, 1.807) is 18.2 Å². The summed E-state index contributed by atoms with van der Waals surface area (Å²) >= 11 is 0. The van der Waals surface area contributed by atoms with E-state index in [0.717, 1.165) is 5.69 Å². The molecule has 0 bridgehead atoms. The molecule has 0 unspecified atom stereocenters. The minimum absolute atomic E-state index is 0.156. The number of carbonyl (C=O) groups excluding carboxylic acids is 2. The summed E-state index contributed by atoms with van der Waals surface area (Å²) < 4.78 is 4.89. The molecule has 0 atom stereocenters. The van der Waals surface area contributed by atoms with Crippen molar-refractivity contribution in [2.45, 2.75) is 26.3 Å². The third-order valence-electron chi connectivity index (χ3n) is 2.91. The normalized spacial score (nSPS) is 11.4. The van der Waals surface area contributed by atoms with Crippen molar-refractivity contribution in [2.24, 2.45) is 0 Å². The predicted octanol–water partition coefficient (Wildman–Crippen LogP) is 2.12. The minimum Gasteiger partial charge on any atom is -0.451 e. The molecule has 6 nitrogen and oxygen atoms in total. The fourth-order valence-electron chi connectivity index (χ4n) is 1.84. The molecule has 0 heterocycles. The Bertz CT molecular complexity index is 662. The minimum atomic E-state index is -0.821. The Labute approximate surface area is 142 Å². The first-order chi connectivity index (χ1) is 11.1. The summed E-state index contributed by atoms with van der Waals surface area (Å²) in [7, 11) is 3.84. The van der Waals surface area contributed by atoms with Crippen LogP contribution in [-0.2, 0) is 14.3 Å². The molecule has 0 radical (unpaired) electrons. The number of benzene rings is 1. The van der Waals surface area contributed by atoms with E-state index in [-0.39, 0.29) is 5.57 Å². The summed E-state index contributed by atoms with van der Waals surface area (Å²) in [6.07, 6.45) is 1.43. The highest BCUT2D eigenvalue weighted by Gasteiger charge is 2.17. The topological polar surface area (TPSA) is 82.4 Å². The molecule has 0 aliphatic carbocycles. The van der Waals surface area contributed by atoms with Crippen LogP contribution in [0.1, 0.15) is 26.3 Å². The Morgan fingerprint density at radius 3 is 2.29 bits per heavy atom. The zero-order valence-electron chi connectivity index (χ0n) is 14.7. The second-order valence-electron chi connectivity index (χ2n) is 6.53. The van der Waals surface area contributed by atoms with Gasteiger partial charge in [-0.15, -0.1) is 0 Å². The first-order valence-corrected chi connectivity index (χ1v) is 7.49. The van der Waals surface area contributed by atoms with E-state index in [1.807, 2.05) is 51.9 Å². The van der Waals surface area contributed by atoms with Gasteiger partial charge in [0, 0.05) is 25.3 Å². The van der Waals surface area contributed by atoms with Crippen LogP contribution in [-0.4, -0.2) is 38.1 Å². The molecular formula is C18H23N3O3. The number of hydrogen-bond donors (Lipinski definition) is 1. The third-order valence-corrected chi connectivity index (χ3v) is 2.91. The molecule has 1 N–H and O–H groups in total. The van der Waals surface area contributed by atoms with E-state index in [4.69, 9.17) is 10.00 Å². The van der Waals surface area contributed by atoms with Crippen LogP contribution >= 0.6 is 0 Å². The van der Waals surface area contributed by atoms with Gasteiger partial charge in [-0.2, -0.15) is 5.26 Å². The SMILES string of the molecule is CN(C)c1ccc(/C=C(\C#N)C(=O)OCC(=O)NC(C)(C)C)cc1. The number of nitrogens with zero attached hydrogens (tertiary/aromatic N) is 2. The van der Waals surface area contributed by atoms with Gasteiger partial charge in [0.25, 0.3) is 5.91 Å². The molecule has 0 saturated carbocycles. The molecule has 0 aliphatic heterocycles. The number of nitrogens with one attached hydrogen (secondary N) is 1. The quantitative estimate of drug-likeness (QED) is 0.508. The van der Waals surface area contributed by atoms with E-state index < -0.39 is 24.0 Å². The number of anilines is 1. The molecule has 1 amide bonds. The Morgan fingerprint density at radius 1 is 1.25 bits per heavy atom. The monoisotopic (exact) mass is 329 g/mol. The van der Waals surface area contributed by atoms with Gasteiger partial charge < -0.3 is 15.0 Å². The maximum atomic E-state index is 11.9. The Morgan fingerprint density at radius 2 is 1.83 bits per heavy atom. The maximum absolute atomic E-state index is 11.9. The lowest BCUT2D eigenvalue weighted by molar-refractivity contribution is -0.144. The average molecular weight is 329 g/mol. The van der Waals surface area contributed by atoms with Crippen molar-refractivity contribution < 1.29 is 14.3 Å². The number of nitriles is 1. The number of ether oxygens (including phenoxy) is 1. The average Bonchev–Trinajstić information content (AvgIpc) is 2.49. The van der Waals surface area contributed by atoms with Crippen LogP contribution in [0.4, 0.5) is 5.69 Å². The van der Waals surface area contributed by atoms with Crippen molar-refractivity contribution in [1.82, 2.24) is 5.32 Å². The second-order valence-corrected chi connectivity index (χ2v) is 6.53. The van der Waals surface area contributed by atoms with E-state index in [2.05, 4.69) is 5.32 Å². The molecule has 1 rings (SSSR count). The van der Waals surface area contributed by atoms with Crippen molar-refractivity contribution >= 4 is 23.6 Å². The zero-order chi connectivity index (χ0) is 18.3. The molecule has 24 heavy (non-hydrogen) atoms. The van der Waals surface area contributed by atoms with Crippen LogP contribution in [0, 0.1) is 11.3 Å². The van der Waals surface area contributed by atoms with Gasteiger partial charge in [-0.1, -0.05) is 12.1 Å². The van der Waals surface area contributed by atoms with Gasteiger partial charge >= 0.3 is 5.97 Å². The van der Waals surface area contributed by atoms with Crippen LogP contribution in [0.15, 0.2) is 29.8 Å². The van der Waals surface area contributed by atoms with Crippen LogP contribution in [0.5, 0.6) is 0 Å². The van der Waals surface area contributed by atoms with Gasteiger partial charge in [0.1, 0.15) is 11.6 Å². The van der Waals surface area contributed by atoms with E-state index in [1.165, 1.54) is 6.08 Å². The van der Waals surface area contributed by atoms with Gasteiger partial charge in [-0.05, 0) is 44.5 Å². The number of esters is 1. The lowest BCUT2D eigenvalue weighted by Gasteiger charge is -2.20. The third kappa shape index (κ3) is 6.53. The van der Waals surface area contributed by atoms with Crippen LogP contribution < -0.4 is 10.2 Å². The highest BCUT2D eigenvalue weighted by molar-refractivity contribution is 5.98. The molecule has 0 aromatic heterocycles. The standard InChI is InChI=1S/C18H23N3O3/c1-18(2,3)20-16(22)12-24-17(23)14(11-19)10-13-6-8-15(9-7-13)21(4)5/h6-10H,12H2,1-5H3,(H,20,22)/b14-10+. The van der Waals surface area contributed by atoms with Gasteiger partial charge in [0.05, 0.1) is 0 Å². The number of carbonyl (C=O) groups is 2. The van der Waals surface area contributed by atoms with Gasteiger partial charge in [-0.25, -0.2) is 4.79 Å². The zero-order valence-corrected chi connectivity index (χ0v) is 14.7. The first kappa shape index (κ1) is 19.2. The Hall–Kier alpha value is -2.81. The van der Waals surface area contributed by atoms with E-state index in [0.29, 0.717) is 5.56 Å². The van der Waals surface area contributed by atoms with Crippen molar-refractivity contribution in [3.63, 3.8) is 0 Å². The van der Waals surface area contributed by atoms with Gasteiger partial charge in [0.15, 0.2) is 6.61 Å². The van der Waals surface area contributed by atoms with Crippen molar-refractivity contribution in [1.29, 1.82) is 5.26 Å². The van der Waals surface area contributed by atoms with Crippen LogP contribution in [0.3, 0.4) is 0 Å². The van der Waals surface area contributed by atoms with Crippen molar-refractivity contribution in [2.75, 3.05) is 25.6 Å². The van der Waals surface area contributed by atoms with E-state index >= 15 is 0 Å². The molecule has 0 spiro atoms. The van der Waals surface area contributed by atoms with Crippen molar-refractivity contribution in [3.05, 3.63) is 35.4 Å². The lowest BCUT2D eigenvalue weighted by Crippen LogP contribution is -2.42. The van der Waals surface area contributed by atoms with Crippen LogP contribution in [0.2, 0.25) is 0 Å². The maximum Gasteiger partial charge on any atom is 0.349 e. The lowest BCUT2D eigenvalue weighted by atomic mass is 10.1. The molecule has 1 aromatic carbocycles. The second kappa shape index (κ2) is 8.16. The summed E-state index contributed by atoms with van der Waals surface area (Å²) in [5.41, 5.74) is 1.14. The number of amides is 1. The summed E-state index contributed by atoms with van der Waals surface area (Å²) in [6.45, 7) is 5.05. The number of rotatable bonds is 5. The van der Waals surface area contributed by atoms with Gasteiger partial charge in [-0.3, -0.25) is 4.79 Å². The predicted molar refractivity (Wildman–Crippen MR) is 93.2 cm³/mol. The molecule has 6 heteroatoms. The molecular weight excluding hydrogens is 306 g/mol. The molecule has 128 valence electrons. The fourth-order valence-corrected chi connectivity index (χ4v) is 1.84. The number of hydrogen-bond acceptors (Lipinski definition) is 5.